The van der Waals surface area contributed by atoms with E-state index in [0.717, 1.165) is 25.0 Å². The van der Waals surface area contributed by atoms with Gasteiger partial charge in [-0.3, -0.25) is 14.8 Å². The molecular formula is C21H19N3O5S2. The molecule has 1 aliphatic heterocycles. The van der Waals surface area contributed by atoms with Gasteiger partial charge in [0, 0.05) is 22.2 Å². The van der Waals surface area contributed by atoms with Crippen LogP contribution in [0, 0.1) is 0 Å². The first-order chi connectivity index (χ1) is 15.0. The van der Waals surface area contributed by atoms with Crippen molar-refractivity contribution in [3.05, 3.63) is 58.6 Å². The number of rotatable bonds is 5. The lowest BCUT2D eigenvalue weighted by atomic mass is 10.2. The van der Waals surface area contributed by atoms with Crippen molar-refractivity contribution in [2.45, 2.75) is 24.2 Å². The van der Waals surface area contributed by atoms with Gasteiger partial charge >= 0.3 is 0 Å². The molecule has 160 valence electrons. The molecule has 1 aromatic heterocycles. The second-order valence-corrected chi connectivity index (χ2v) is 9.95. The summed E-state index contributed by atoms with van der Waals surface area (Å²) in [5, 5.41) is 3.37. The summed E-state index contributed by atoms with van der Waals surface area (Å²) < 4.78 is 39.1. The molecule has 0 unspecified atom stereocenters. The lowest BCUT2D eigenvalue weighted by Crippen LogP contribution is -2.17. The number of carbonyl (C=O) groups is 1. The quantitative estimate of drug-likeness (QED) is 0.608. The summed E-state index contributed by atoms with van der Waals surface area (Å²) in [4.78, 5) is 18.4. The van der Waals surface area contributed by atoms with Crippen molar-refractivity contribution in [3.63, 3.8) is 0 Å². The molecule has 1 amide bonds. The summed E-state index contributed by atoms with van der Waals surface area (Å²) in [6.07, 6.45) is 3.05. The minimum absolute atomic E-state index is 0.0453. The van der Waals surface area contributed by atoms with E-state index in [9.17, 15) is 13.2 Å². The number of anilines is 2. The van der Waals surface area contributed by atoms with E-state index in [1.54, 1.807) is 24.3 Å². The number of ether oxygens (including phenoxy) is 2. The Balaban J connectivity index is 1.33. The molecule has 1 aliphatic carbocycles. The van der Waals surface area contributed by atoms with Crippen LogP contribution in [0.2, 0.25) is 0 Å². The monoisotopic (exact) mass is 457 g/mol. The van der Waals surface area contributed by atoms with Crippen molar-refractivity contribution in [1.82, 2.24) is 4.98 Å². The van der Waals surface area contributed by atoms with Crippen molar-refractivity contribution < 1.29 is 22.7 Å². The van der Waals surface area contributed by atoms with Crippen LogP contribution in [0.1, 0.15) is 27.3 Å². The number of aromatic nitrogens is 1. The third-order valence-corrected chi connectivity index (χ3v) is 7.47. The molecule has 0 saturated carbocycles. The number of aryl methyl sites for hydroxylation is 2. The average molecular weight is 458 g/mol. The molecule has 2 N–H and O–H groups in total. The van der Waals surface area contributed by atoms with Gasteiger partial charge < -0.3 is 9.47 Å². The van der Waals surface area contributed by atoms with Gasteiger partial charge in [-0.15, -0.1) is 11.3 Å². The van der Waals surface area contributed by atoms with Gasteiger partial charge in [-0.05, 0) is 49.6 Å². The Hall–Kier alpha value is -3.11. The Bertz CT molecular complexity index is 1250. The molecule has 3 aromatic rings. The molecule has 0 atom stereocenters. The highest BCUT2D eigenvalue weighted by Gasteiger charge is 2.21. The number of hydrogen-bond donors (Lipinski definition) is 2. The molecule has 0 fully saturated rings. The number of sulfonamides is 1. The third kappa shape index (κ3) is 4.08. The van der Waals surface area contributed by atoms with Crippen LogP contribution in [-0.4, -0.2) is 32.5 Å². The van der Waals surface area contributed by atoms with Crippen molar-refractivity contribution in [2.75, 3.05) is 23.3 Å². The molecule has 0 spiro atoms. The summed E-state index contributed by atoms with van der Waals surface area (Å²) in [7, 11) is -3.87. The Morgan fingerprint density at radius 3 is 2.71 bits per heavy atom. The highest BCUT2D eigenvalue weighted by Crippen LogP contribution is 2.33. The van der Waals surface area contributed by atoms with Gasteiger partial charge in [0.25, 0.3) is 15.9 Å². The van der Waals surface area contributed by atoms with Crippen molar-refractivity contribution in [3.8, 4) is 11.5 Å². The van der Waals surface area contributed by atoms with E-state index in [-0.39, 0.29) is 16.5 Å². The van der Waals surface area contributed by atoms with Crippen LogP contribution in [0.4, 0.5) is 10.8 Å². The van der Waals surface area contributed by atoms with E-state index in [0.29, 0.717) is 35.4 Å². The fourth-order valence-corrected chi connectivity index (χ4v) is 5.65. The molecule has 8 nitrogen and oxygen atoms in total. The molecule has 10 heteroatoms. The standard InChI is InChI=1S/C21H19N3O5S2/c25-20(23-21-22-16-5-2-6-19(16)30-21)13-3-1-4-14(11-13)24-31(26,27)15-7-8-17-18(12-15)29-10-9-28-17/h1,3-4,7-8,11-12,24H,2,5-6,9-10H2,(H,22,23,25). The Labute approximate surface area is 183 Å². The lowest BCUT2D eigenvalue weighted by molar-refractivity contribution is 0.102. The van der Waals surface area contributed by atoms with Gasteiger partial charge in [0.05, 0.1) is 10.6 Å². The van der Waals surface area contributed by atoms with Crippen LogP contribution in [-0.2, 0) is 22.9 Å². The minimum atomic E-state index is -3.87. The highest BCUT2D eigenvalue weighted by atomic mass is 32.2. The molecule has 2 heterocycles. The number of nitrogens with one attached hydrogen (secondary N) is 2. The first-order valence-electron chi connectivity index (χ1n) is 9.80. The van der Waals surface area contributed by atoms with Gasteiger partial charge in [-0.25, -0.2) is 13.4 Å². The molecule has 31 heavy (non-hydrogen) atoms. The maximum atomic E-state index is 12.8. The minimum Gasteiger partial charge on any atom is -0.486 e. The molecule has 2 aromatic carbocycles. The number of hydrogen-bond acceptors (Lipinski definition) is 7. The number of amides is 1. The first-order valence-corrected chi connectivity index (χ1v) is 12.1. The fourth-order valence-electron chi connectivity index (χ4n) is 3.54. The van der Waals surface area contributed by atoms with E-state index in [1.807, 2.05) is 0 Å². The van der Waals surface area contributed by atoms with E-state index >= 15 is 0 Å². The molecule has 0 bridgehead atoms. The zero-order valence-electron chi connectivity index (χ0n) is 16.4. The molecule has 0 radical (unpaired) electrons. The second kappa shape index (κ2) is 7.86. The number of carbonyl (C=O) groups excluding carboxylic acids is 1. The van der Waals surface area contributed by atoms with Crippen LogP contribution < -0.4 is 19.5 Å². The maximum Gasteiger partial charge on any atom is 0.262 e. The Morgan fingerprint density at radius 2 is 1.87 bits per heavy atom. The summed E-state index contributed by atoms with van der Waals surface area (Å²) in [6, 6.07) is 10.8. The Morgan fingerprint density at radius 1 is 1.03 bits per heavy atom. The van der Waals surface area contributed by atoms with Gasteiger partial charge in [0.1, 0.15) is 13.2 Å². The molecule has 5 rings (SSSR count). The van der Waals surface area contributed by atoms with Gasteiger partial charge in [0.2, 0.25) is 0 Å². The van der Waals surface area contributed by atoms with Crippen LogP contribution in [0.5, 0.6) is 11.5 Å². The highest BCUT2D eigenvalue weighted by molar-refractivity contribution is 7.92. The van der Waals surface area contributed by atoms with E-state index < -0.39 is 10.0 Å². The first kappa shape index (κ1) is 19.8. The van der Waals surface area contributed by atoms with Crippen LogP contribution >= 0.6 is 11.3 Å². The molecular weight excluding hydrogens is 438 g/mol. The third-order valence-electron chi connectivity index (χ3n) is 5.02. The zero-order valence-corrected chi connectivity index (χ0v) is 18.0. The SMILES string of the molecule is O=C(Nc1nc2c(s1)CCC2)c1cccc(NS(=O)(=O)c2ccc3c(c2)OCCO3)c1. The number of thiazole rings is 1. The summed E-state index contributed by atoms with van der Waals surface area (Å²) in [5.41, 5.74) is 1.67. The van der Waals surface area contributed by atoms with E-state index in [4.69, 9.17) is 9.47 Å². The predicted octanol–water partition coefficient (Wildman–Crippen LogP) is 3.46. The van der Waals surface area contributed by atoms with Gasteiger partial charge in [-0.2, -0.15) is 0 Å². The van der Waals surface area contributed by atoms with Crippen LogP contribution in [0.25, 0.3) is 0 Å². The van der Waals surface area contributed by atoms with Crippen molar-refractivity contribution in [1.29, 1.82) is 0 Å². The van der Waals surface area contributed by atoms with E-state index in [1.165, 1.54) is 34.4 Å². The summed E-state index contributed by atoms with van der Waals surface area (Å²) in [6.45, 7) is 0.791. The number of benzene rings is 2. The predicted molar refractivity (Wildman–Crippen MR) is 117 cm³/mol. The fraction of sp³-hybridized carbons (Fsp3) is 0.238. The zero-order chi connectivity index (χ0) is 21.4. The van der Waals surface area contributed by atoms with Gasteiger partial charge in [0.15, 0.2) is 16.6 Å². The number of nitrogens with zero attached hydrogens (tertiary/aromatic N) is 1. The van der Waals surface area contributed by atoms with Crippen LogP contribution in [0.15, 0.2) is 47.4 Å². The lowest BCUT2D eigenvalue weighted by Gasteiger charge is -2.19. The summed E-state index contributed by atoms with van der Waals surface area (Å²) >= 11 is 1.49. The summed E-state index contributed by atoms with van der Waals surface area (Å²) in [5.74, 6) is 0.558. The number of fused-ring (bicyclic) bond motifs is 2. The normalized spacial score (nSPS) is 14.7. The largest absolute Gasteiger partial charge is 0.486 e. The van der Waals surface area contributed by atoms with E-state index in [2.05, 4.69) is 15.0 Å². The molecule has 2 aliphatic rings. The van der Waals surface area contributed by atoms with Gasteiger partial charge in [-0.1, -0.05) is 6.07 Å². The smallest absolute Gasteiger partial charge is 0.262 e. The Kier molecular flexibility index (Phi) is 5.03. The van der Waals surface area contributed by atoms with Crippen LogP contribution in [0.3, 0.4) is 0 Å². The van der Waals surface area contributed by atoms with Crippen molar-refractivity contribution in [2.24, 2.45) is 0 Å². The van der Waals surface area contributed by atoms with Crippen molar-refractivity contribution >= 4 is 38.1 Å². The topological polar surface area (TPSA) is 107 Å². The molecule has 0 saturated heterocycles. The maximum absolute atomic E-state index is 12.8. The second-order valence-electron chi connectivity index (χ2n) is 7.19. The average Bonchev–Trinajstić information content (AvgIpc) is 3.35.